The van der Waals surface area contributed by atoms with Gasteiger partial charge in [-0.3, -0.25) is 0 Å². The van der Waals surface area contributed by atoms with Gasteiger partial charge in [-0.1, -0.05) is 0 Å². The van der Waals surface area contributed by atoms with Crippen LogP contribution in [0.5, 0.6) is 0 Å². The molecule has 2 aliphatic heterocycles. The summed E-state index contributed by atoms with van der Waals surface area (Å²) in [5.41, 5.74) is 0. The summed E-state index contributed by atoms with van der Waals surface area (Å²) in [5, 5.41) is 56.8. The molecule has 0 aromatic rings. The van der Waals surface area contributed by atoms with Crippen LogP contribution in [0.4, 0.5) is 13.2 Å². The molecule has 0 saturated carbocycles. The van der Waals surface area contributed by atoms with Crippen LogP contribution in [0, 0.1) is 0 Å². The van der Waals surface area contributed by atoms with Crippen LogP contribution in [0.1, 0.15) is 0 Å². The van der Waals surface area contributed by atoms with Gasteiger partial charge in [0.25, 0.3) is 0 Å². The van der Waals surface area contributed by atoms with E-state index in [1.807, 2.05) is 0 Å². The maximum absolute atomic E-state index is 10.6. The molecule has 0 spiro atoms. The highest BCUT2D eigenvalue weighted by molar-refractivity contribution is 5.73. The number of aliphatic hydroxyl groups excluding tert-OH is 5. The van der Waals surface area contributed by atoms with Gasteiger partial charge < -0.3 is 45.4 Å². The van der Waals surface area contributed by atoms with Gasteiger partial charge in [0.2, 0.25) is 0 Å². The molecular weight excluding hydrogens is 359 g/mol. The number of carbonyl (C=O) groups is 1. The quantitative estimate of drug-likeness (QED) is 0.264. The molecular formula is C12H20F3NO9. The third-order valence-electron chi connectivity index (χ3n) is 3.58. The van der Waals surface area contributed by atoms with E-state index in [0.717, 1.165) is 0 Å². The van der Waals surface area contributed by atoms with E-state index < -0.39 is 61.6 Å². The molecule has 0 aliphatic carbocycles. The lowest BCUT2D eigenvalue weighted by molar-refractivity contribution is -0.192. The van der Waals surface area contributed by atoms with Gasteiger partial charge >= 0.3 is 12.1 Å². The average molecular weight is 379 g/mol. The molecule has 0 aromatic carbocycles. The van der Waals surface area contributed by atoms with Gasteiger partial charge in [-0.05, 0) is 0 Å². The summed E-state index contributed by atoms with van der Waals surface area (Å²) in [6.07, 6.45) is -11.2. The summed E-state index contributed by atoms with van der Waals surface area (Å²) < 4.78 is 42.1. The SMILES string of the molecule is O=C(O)C(F)(F)F.OC[C@@H]1O[C@@H](OC[C@@H]2NC[C@H](O)[C@H]2O)[C@H](O)[C@H]1O. The molecule has 2 aliphatic rings. The zero-order valence-corrected chi connectivity index (χ0v) is 12.7. The Kier molecular flexibility index (Phi) is 7.95. The second-order valence-electron chi connectivity index (χ2n) is 5.42. The maximum atomic E-state index is 10.6. The van der Waals surface area contributed by atoms with Crippen LogP contribution in [-0.2, 0) is 14.3 Å². The first-order valence-corrected chi connectivity index (χ1v) is 7.12. The van der Waals surface area contributed by atoms with Crippen molar-refractivity contribution in [1.82, 2.24) is 5.32 Å². The van der Waals surface area contributed by atoms with Crippen molar-refractivity contribution in [2.24, 2.45) is 0 Å². The van der Waals surface area contributed by atoms with E-state index in [9.17, 15) is 33.6 Å². The Morgan fingerprint density at radius 2 is 1.72 bits per heavy atom. The fraction of sp³-hybridized carbons (Fsp3) is 0.917. The number of hydrogen-bond donors (Lipinski definition) is 7. The number of rotatable bonds is 4. The van der Waals surface area contributed by atoms with Crippen LogP contribution in [0.3, 0.4) is 0 Å². The molecule has 25 heavy (non-hydrogen) atoms. The number of ether oxygens (including phenoxy) is 2. The molecule has 0 unspecified atom stereocenters. The standard InChI is InChI=1S/C10H19NO7.C2HF3O2/c12-2-6-8(15)9(16)10(18-6)17-3-4-7(14)5(13)1-11-4;3-2(4,5)1(6)7/h4-16H,1-3H2;(H,6,7)/t4-,5-,6-,7-,8-,9+,10+;/m0./s1. The highest BCUT2D eigenvalue weighted by Gasteiger charge is 2.44. The molecule has 0 radical (unpaired) electrons. The smallest absolute Gasteiger partial charge is 0.475 e. The van der Waals surface area contributed by atoms with Crippen molar-refractivity contribution in [3.63, 3.8) is 0 Å². The molecule has 148 valence electrons. The van der Waals surface area contributed by atoms with Gasteiger partial charge in [0.1, 0.15) is 18.3 Å². The third kappa shape index (κ3) is 6.00. The molecule has 2 saturated heterocycles. The number of aliphatic carboxylic acids is 1. The van der Waals surface area contributed by atoms with E-state index in [2.05, 4.69) is 5.32 Å². The minimum atomic E-state index is -5.08. The third-order valence-corrected chi connectivity index (χ3v) is 3.58. The Hall–Kier alpha value is -1.06. The lowest BCUT2D eigenvalue weighted by Gasteiger charge is -2.20. The second kappa shape index (κ2) is 9.05. The monoisotopic (exact) mass is 379 g/mol. The Morgan fingerprint density at radius 3 is 2.08 bits per heavy atom. The van der Waals surface area contributed by atoms with Crippen LogP contribution in [0.25, 0.3) is 0 Å². The molecule has 2 rings (SSSR count). The van der Waals surface area contributed by atoms with Gasteiger partial charge in [-0.25, -0.2) is 4.79 Å². The first kappa shape index (κ1) is 22.0. The summed E-state index contributed by atoms with van der Waals surface area (Å²) in [6.45, 7) is -0.128. The Morgan fingerprint density at radius 1 is 1.16 bits per heavy atom. The number of halogens is 3. The number of aliphatic hydroxyl groups is 5. The molecule has 7 N–H and O–H groups in total. The summed E-state index contributed by atoms with van der Waals surface area (Å²) >= 11 is 0. The Balaban J connectivity index is 0.000000381. The van der Waals surface area contributed by atoms with Crippen molar-refractivity contribution in [2.45, 2.75) is 49.0 Å². The maximum Gasteiger partial charge on any atom is 0.490 e. The summed E-state index contributed by atoms with van der Waals surface area (Å²) in [7, 11) is 0. The number of carboxylic acid groups (broad SMARTS) is 1. The molecule has 0 aromatic heterocycles. The van der Waals surface area contributed by atoms with E-state index in [1.54, 1.807) is 0 Å². The lowest BCUT2D eigenvalue weighted by atomic mass is 10.1. The van der Waals surface area contributed by atoms with E-state index in [1.165, 1.54) is 0 Å². The van der Waals surface area contributed by atoms with Crippen molar-refractivity contribution in [3.8, 4) is 0 Å². The predicted molar refractivity (Wildman–Crippen MR) is 71.2 cm³/mol. The normalized spacial score (nSPS) is 38.3. The largest absolute Gasteiger partial charge is 0.490 e. The minimum Gasteiger partial charge on any atom is -0.475 e. The first-order chi connectivity index (χ1) is 11.5. The Bertz CT molecular complexity index is 439. The first-order valence-electron chi connectivity index (χ1n) is 7.12. The van der Waals surface area contributed by atoms with Crippen LogP contribution >= 0.6 is 0 Å². The molecule has 13 heteroatoms. The van der Waals surface area contributed by atoms with Crippen LogP contribution in [0.15, 0.2) is 0 Å². The average Bonchev–Trinajstić information content (AvgIpc) is 2.99. The van der Waals surface area contributed by atoms with Crippen molar-refractivity contribution >= 4 is 5.97 Å². The molecule has 7 atom stereocenters. The number of hydrogen-bond acceptors (Lipinski definition) is 9. The minimum absolute atomic E-state index is 0.0187. The lowest BCUT2D eigenvalue weighted by Crippen LogP contribution is -2.40. The fourth-order valence-electron chi connectivity index (χ4n) is 2.14. The van der Waals surface area contributed by atoms with Crippen molar-refractivity contribution in [2.75, 3.05) is 19.8 Å². The van der Waals surface area contributed by atoms with E-state index in [-0.39, 0.29) is 13.2 Å². The summed E-state index contributed by atoms with van der Waals surface area (Å²) in [6, 6.07) is -0.457. The number of nitrogens with one attached hydrogen (secondary N) is 1. The van der Waals surface area contributed by atoms with Crippen LogP contribution < -0.4 is 5.32 Å². The van der Waals surface area contributed by atoms with E-state index in [0.29, 0.717) is 0 Å². The molecule has 10 nitrogen and oxygen atoms in total. The Labute approximate surface area is 139 Å². The van der Waals surface area contributed by atoms with Gasteiger partial charge in [-0.15, -0.1) is 0 Å². The zero-order valence-electron chi connectivity index (χ0n) is 12.7. The van der Waals surface area contributed by atoms with Crippen molar-refractivity contribution in [1.29, 1.82) is 0 Å². The number of carboxylic acids is 1. The van der Waals surface area contributed by atoms with E-state index >= 15 is 0 Å². The summed E-state index contributed by atoms with van der Waals surface area (Å²) in [5.74, 6) is -2.76. The number of β-amino-alcohol motifs (C(OH)–C–C–N with tert-alkyl or cyclic N) is 1. The van der Waals surface area contributed by atoms with E-state index in [4.69, 9.17) is 24.5 Å². The fourth-order valence-corrected chi connectivity index (χ4v) is 2.14. The van der Waals surface area contributed by atoms with Gasteiger partial charge in [-0.2, -0.15) is 13.2 Å². The molecule has 0 amide bonds. The van der Waals surface area contributed by atoms with Gasteiger partial charge in [0.15, 0.2) is 6.29 Å². The van der Waals surface area contributed by atoms with Gasteiger partial charge in [0.05, 0.1) is 31.5 Å². The van der Waals surface area contributed by atoms with Gasteiger partial charge in [0, 0.05) is 6.54 Å². The highest BCUT2D eigenvalue weighted by Crippen LogP contribution is 2.22. The molecule has 2 fully saturated rings. The molecule has 2 heterocycles. The predicted octanol–water partition coefficient (Wildman–Crippen LogP) is -3.23. The zero-order chi connectivity index (χ0) is 19.4. The molecule has 0 bridgehead atoms. The van der Waals surface area contributed by atoms with Crippen LogP contribution in [0.2, 0.25) is 0 Å². The highest BCUT2D eigenvalue weighted by atomic mass is 19.4. The van der Waals surface area contributed by atoms with Crippen molar-refractivity contribution in [3.05, 3.63) is 0 Å². The van der Waals surface area contributed by atoms with Crippen LogP contribution in [-0.4, -0.2) is 105 Å². The number of alkyl halides is 3. The topological polar surface area (TPSA) is 169 Å². The van der Waals surface area contributed by atoms with Crippen molar-refractivity contribution < 1.29 is 58.1 Å². The second-order valence-corrected chi connectivity index (χ2v) is 5.42. The summed E-state index contributed by atoms with van der Waals surface area (Å²) in [4.78, 5) is 8.90.